The molecule has 0 atom stereocenters. The smallest absolute Gasteiger partial charge is 0.126 e. The third-order valence-electron chi connectivity index (χ3n) is 3.02. The SMILES string of the molecule is Fc1ccccc1Cc1cc(-c2ccncc2Cl)n[nH]1. The highest BCUT2D eigenvalue weighted by molar-refractivity contribution is 6.33. The minimum Gasteiger partial charge on any atom is -0.282 e. The highest BCUT2D eigenvalue weighted by Gasteiger charge is 2.09. The van der Waals surface area contributed by atoms with E-state index in [9.17, 15) is 4.39 Å². The van der Waals surface area contributed by atoms with E-state index in [1.165, 1.54) is 6.07 Å². The molecule has 0 spiro atoms. The second kappa shape index (κ2) is 5.43. The Kier molecular flexibility index (Phi) is 3.48. The normalized spacial score (nSPS) is 10.7. The van der Waals surface area contributed by atoms with E-state index < -0.39 is 0 Å². The van der Waals surface area contributed by atoms with Gasteiger partial charge in [-0.25, -0.2) is 4.39 Å². The van der Waals surface area contributed by atoms with Gasteiger partial charge in [0.15, 0.2) is 0 Å². The van der Waals surface area contributed by atoms with Crippen LogP contribution >= 0.6 is 11.6 Å². The fourth-order valence-corrected chi connectivity index (χ4v) is 2.24. The van der Waals surface area contributed by atoms with E-state index >= 15 is 0 Å². The van der Waals surface area contributed by atoms with Gasteiger partial charge in [0.25, 0.3) is 0 Å². The molecule has 0 bridgehead atoms. The molecule has 0 unspecified atom stereocenters. The average molecular weight is 288 g/mol. The second-order valence-electron chi connectivity index (χ2n) is 4.40. The molecule has 1 aromatic carbocycles. The van der Waals surface area contributed by atoms with Crippen molar-refractivity contribution >= 4 is 11.6 Å². The summed E-state index contributed by atoms with van der Waals surface area (Å²) in [6.07, 6.45) is 3.69. The Labute approximate surface area is 120 Å². The van der Waals surface area contributed by atoms with Crippen molar-refractivity contribution < 1.29 is 4.39 Å². The minimum absolute atomic E-state index is 0.217. The molecular weight excluding hydrogens is 277 g/mol. The molecule has 2 heterocycles. The van der Waals surface area contributed by atoms with Gasteiger partial charge in [0, 0.05) is 30.1 Å². The summed E-state index contributed by atoms with van der Waals surface area (Å²) in [6.45, 7) is 0. The molecular formula is C15H11ClFN3. The fraction of sp³-hybridized carbons (Fsp3) is 0.0667. The summed E-state index contributed by atoms with van der Waals surface area (Å²) in [5, 5.41) is 7.66. The molecule has 20 heavy (non-hydrogen) atoms. The number of rotatable bonds is 3. The zero-order chi connectivity index (χ0) is 13.9. The van der Waals surface area contributed by atoms with Crippen LogP contribution in [0.1, 0.15) is 11.3 Å². The maximum atomic E-state index is 13.6. The monoisotopic (exact) mass is 287 g/mol. The summed E-state index contributed by atoms with van der Waals surface area (Å²) in [5.41, 5.74) is 2.99. The Balaban J connectivity index is 1.88. The number of nitrogens with zero attached hydrogens (tertiary/aromatic N) is 2. The summed E-state index contributed by atoms with van der Waals surface area (Å²) >= 11 is 6.08. The van der Waals surface area contributed by atoms with Gasteiger partial charge in [-0.3, -0.25) is 10.1 Å². The van der Waals surface area contributed by atoms with Crippen molar-refractivity contribution in [3.8, 4) is 11.3 Å². The molecule has 5 heteroatoms. The lowest BCUT2D eigenvalue weighted by atomic mass is 10.1. The predicted octanol–water partition coefficient (Wildman–Crippen LogP) is 3.86. The van der Waals surface area contributed by atoms with Crippen LogP contribution in [0, 0.1) is 5.82 Å². The van der Waals surface area contributed by atoms with E-state index in [1.807, 2.05) is 12.1 Å². The van der Waals surface area contributed by atoms with Crippen LogP contribution in [0.3, 0.4) is 0 Å². The van der Waals surface area contributed by atoms with Crippen LogP contribution in [0.5, 0.6) is 0 Å². The lowest BCUT2D eigenvalue weighted by molar-refractivity contribution is 0.613. The van der Waals surface area contributed by atoms with E-state index in [-0.39, 0.29) is 5.82 Å². The Hall–Kier alpha value is -2.20. The Morgan fingerprint density at radius 1 is 1.20 bits per heavy atom. The van der Waals surface area contributed by atoms with Gasteiger partial charge >= 0.3 is 0 Å². The molecule has 3 aromatic rings. The van der Waals surface area contributed by atoms with Crippen molar-refractivity contribution in [2.24, 2.45) is 0 Å². The Morgan fingerprint density at radius 3 is 2.85 bits per heavy atom. The van der Waals surface area contributed by atoms with Crippen molar-refractivity contribution in [1.29, 1.82) is 0 Å². The van der Waals surface area contributed by atoms with Crippen molar-refractivity contribution in [2.75, 3.05) is 0 Å². The third-order valence-corrected chi connectivity index (χ3v) is 3.32. The first-order valence-corrected chi connectivity index (χ1v) is 6.49. The van der Waals surface area contributed by atoms with Gasteiger partial charge in [0.05, 0.1) is 10.7 Å². The van der Waals surface area contributed by atoms with E-state index in [1.54, 1.807) is 30.6 Å². The number of hydrogen-bond acceptors (Lipinski definition) is 2. The van der Waals surface area contributed by atoms with Crippen LogP contribution in [0.2, 0.25) is 5.02 Å². The molecule has 0 aliphatic rings. The van der Waals surface area contributed by atoms with Crippen LogP contribution < -0.4 is 0 Å². The highest BCUT2D eigenvalue weighted by Crippen LogP contribution is 2.26. The molecule has 0 radical (unpaired) electrons. The molecule has 0 fully saturated rings. The summed E-state index contributed by atoms with van der Waals surface area (Å²) in [7, 11) is 0. The molecule has 2 aromatic heterocycles. The largest absolute Gasteiger partial charge is 0.282 e. The molecule has 3 nitrogen and oxygen atoms in total. The fourth-order valence-electron chi connectivity index (χ4n) is 2.02. The van der Waals surface area contributed by atoms with Crippen LogP contribution in [-0.4, -0.2) is 15.2 Å². The van der Waals surface area contributed by atoms with Gasteiger partial charge in [-0.1, -0.05) is 29.8 Å². The second-order valence-corrected chi connectivity index (χ2v) is 4.81. The number of hydrogen-bond donors (Lipinski definition) is 1. The maximum Gasteiger partial charge on any atom is 0.126 e. The molecule has 0 saturated carbocycles. The van der Waals surface area contributed by atoms with Gasteiger partial charge in [-0.2, -0.15) is 5.10 Å². The lowest BCUT2D eigenvalue weighted by Crippen LogP contribution is -1.92. The quantitative estimate of drug-likeness (QED) is 0.795. The van der Waals surface area contributed by atoms with Crippen molar-refractivity contribution in [1.82, 2.24) is 15.2 Å². The van der Waals surface area contributed by atoms with Crippen LogP contribution in [0.25, 0.3) is 11.3 Å². The Bertz CT molecular complexity index is 739. The number of aromatic nitrogens is 3. The molecule has 0 aliphatic carbocycles. The first-order chi connectivity index (χ1) is 9.74. The topological polar surface area (TPSA) is 41.6 Å². The van der Waals surface area contributed by atoms with Gasteiger partial charge in [0.1, 0.15) is 5.82 Å². The summed E-state index contributed by atoms with van der Waals surface area (Å²) in [6, 6.07) is 10.4. The lowest BCUT2D eigenvalue weighted by Gasteiger charge is -2.00. The number of benzene rings is 1. The zero-order valence-corrected chi connectivity index (χ0v) is 11.2. The Morgan fingerprint density at radius 2 is 2.05 bits per heavy atom. The summed E-state index contributed by atoms with van der Waals surface area (Å²) in [5.74, 6) is -0.217. The van der Waals surface area contributed by atoms with Crippen LogP contribution in [0.4, 0.5) is 4.39 Å². The van der Waals surface area contributed by atoms with E-state index in [0.29, 0.717) is 17.0 Å². The molecule has 3 rings (SSSR count). The molecule has 100 valence electrons. The van der Waals surface area contributed by atoms with Gasteiger partial charge in [0.2, 0.25) is 0 Å². The minimum atomic E-state index is -0.217. The van der Waals surface area contributed by atoms with Gasteiger partial charge in [-0.15, -0.1) is 0 Å². The number of halogens is 2. The van der Waals surface area contributed by atoms with Crippen molar-refractivity contribution in [3.63, 3.8) is 0 Å². The van der Waals surface area contributed by atoms with Crippen LogP contribution in [0.15, 0.2) is 48.8 Å². The number of pyridine rings is 1. The van der Waals surface area contributed by atoms with Crippen molar-refractivity contribution in [3.05, 3.63) is 70.9 Å². The standard InChI is InChI=1S/C15H11ClFN3/c16-13-9-18-6-5-12(13)15-8-11(19-20-15)7-10-3-1-2-4-14(10)17/h1-6,8-9H,7H2,(H,19,20). The van der Waals surface area contributed by atoms with Crippen LogP contribution in [-0.2, 0) is 6.42 Å². The third kappa shape index (κ3) is 2.56. The summed E-state index contributed by atoms with van der Waals surface area (Å²) in [4.78, 5) is 3.94. The van der Waals surface area contributed by atoms with E-state index in [2.05, 4.69) is 15.2 Å². The van der Waals surface area contributed by atoms with Gasteiger partial charge < -0.3 is 0 Å². The van der Waals surface area contributed by atoms with Crippen molar-refractivity contribution in [2.45, 2.75) is 6.42 Å². The number of aromatic amines is 1. The molecule has 0 saturated heterocycles. The molecule has 0 amide bonds. The predicted molar refractivity (Wildman–Crippen MR) is 76.0 cm³/mol. The zero-order valence-electron chi connectivity index (χ0n) is 10.5. The number of H-pyrrole nitrogens is 1. The first kappa shape index (κ1) is 12.8. The highest BCUT2D eigenvalue weighted by atomic mass is 35.5. The molecule has 1 N–H and O–H groups in total. The average Bonchev–Trinajstić information content (AvgIpc) is 2.90. The maximum absolute atomic E-state index is 13.6. The number of nitrogens with one attached hydrogen (secondary N) is 1. The van der Waals surface area contributed by atoms with E-state index in [4.69, 9.17) is 11.6 Å². The van der Waals surface area contributed by atoms with E-state index in [0.717, 1.165) is 17.0 Å². The molecule has 0 aliphatic heterocycles. The summed E-state index contributed by atoms with van der Waals surface area (Å²) < 4.78 is 13.6. The van der Waals surface area contributed by atoms with Gasteiger partial charge in [-0.05, 0) is 23.8 Å². The first-order valence-electron chi connectivity index (χ1n) is 6.11.